The number of hydrogen-bond donors (Lipinski definition) is 2. The highest BCUT2D eigenvalue weighted by Crippen LogP contribution is 2.24. The smallest absolute Gasteiger partial charge is 0.245 e. The number of nitrogens with zero attached hydrogens (tertiary/aromatic N) is 1. The number of amides is 2. The van der Waals surface area contributed by atoms with Crippen molar-refractivity contribution in [3.8, 4) is 0 Å². The van der Waals surface area contributed by atoms with Crippen LogP contribution in [0.15, 0.2) is 0 Å². The van der Waals surface area contributed by atoms with E-state index in [1.54, 1.807) is 4.90 Å². The molecule has 4 nitrogen and oxygen atoms in total. The highest BCUT2D eigenvalue weighted by atomic mass is 32.1. The molecule has 1 rings (SSSR count). The third-order valence-corrected chi connectivity index (χ3v) is 3.86. The third-order valence-electron chi connectivity index (χ3n) is 3.49. The molecule has 104 valence electrons. The number of carbonyl (C=O) groups excluding carboxylic acids is 2. The van der Waals surface area contributed by atoms with Crippen LogP contribution in [0.1, 0.15) is 39.0 Å². The number of carbonyl (C=O) groups is 2. The molecule has 1 aliphatic carbocycles. The van der Waals surface area contributed by atoms with E-state index in [1.165, 1.54) is 39.0 Å². The minimum Gasteiger partial charge on any atom is -0.344 e. The van der Waals surface area contributed by atoms with Crippen LogP contribution in [-0.2, 0) is 9.59 Å². The molecule has 1 saturated carbocycles. The summed E-state index contributed by atoms with van der Waals surface area (Å²) in [7, 11) is 1.81. The number of nitrogens with one attached hydrogen (secondary N) is 1. The fraction of sp³-hybridized carbons (Fsp3) is 0.846. The first-order valence-electron chi connectivity index (χ1n) is 6.67. The van der Waals surface area contributed by atoms with Crippen LogP contribution in [0.4, 0.5) is 0 Å². The summed E-state index contributed by atoms with van der Waals surface area (Å²) in [6.45, 7) is 2.22. The van der Waals surface area contributed by atoms with Crippen molar-refractivity contribution < 1.29 is 9.59 Å². The van der Waals surface area contributed by atoms with Gasteiger partial charge in [-0.25, -0.2) is 0 Å². The Hall–Kier alpha value is -0.710. The topological polar surface area (TPSA) is 49.4 Å². The van der Waals surface area contributed by atoms with Crippen LogP contribution in [0, 0.1) is 5.92 Å². The van der Waals surface area contributed by atoms with Gasteiger partial charge in [-0.3, -0.25) is 9.59 Å². The summed E-state index contributed by atoms with van der Waals surface area (Å²) in [5, 5.41) is 2.64. The van der Waals surface area contributed by atoms with E-state index in [4.69, 9.17) is 0 Å². The molecule has 0 aliphatic heterocycles. The van der Waals surface area contributed by atoms with Gasteiger partial charge in [-0.05, 0) is 18.8 Å². The van der Waals surface area contributed by atoms with Gasteiger partial charge in [0.1, 0.15) is 6.04 Å². The van der Waals surface area contributed by atoms with Crippen molar-refractivity contribution in [3.63, 3.8) is 0 Å². The monoisotopic (exact) mass is 272 g/mol. The van der Waals surface area contributed by atoms with Crippen LogP contribution in [0.25, 0.3) is 0 Å². The Bertz CT molecular complexity index is 291. The van der Waals surface area contributed by atoms with Crippen molar-refractivity contribution in [3.05, 3.63) is 0 Å². The van der Waals surface area contributed by atoms with Crippen molar-refractivity contribution >= 4 is 24.4 Å². The van der Waals surface area contributed by atoms with Gasteiger partial charge in [-0.1, -0.05) is 19.3 Å². The van der Waals surface area contributed by atoms with E-state index in [0.717, 1.165) is 6.54 Å². The molecule has 0 aromatic rings. The third kappa shape index (κ3) is 4.88. The summed E-state index contributed by atoms with van der Waals surface area (Å²) in [5.74, 6) is 0.734. The van der Waals surface area contributed by atoms with Crippen LogP contribution in [0.3, 0.4) is 0 Å². The van der Waals surface area contributed by atoms with Gasteiger partial charge in [0.15, 0.2) is 0 Å². The van der Waals surface area contributed by atoms with E-state index in [0.29, 0.717) is 11.7 Å². The first-order chi connectivity index (χ1) is 8.54. The molecule has 0 bridgehead atoms. The minimum absolute atomic E-state index is 0.0363. The van der Waals surface area contributed by atoms with E-state index >= 15 is 0 Å². The Kier molecular flexibility index (Phi) is 6.54. The molecule has 0 heterocycles. The molecule has 0 saturated heterocycles. The zero-order valence-corrected chi connectivity index (χ0v) is 12.2. The number of rotatable bonds is 5. The fourth-order valence-electron chi connectivity index (χ4n) is 2.54. The normalized spacial score (nSPS) is 18.2. The van der Waals surface area contributed by atoms with Crippen LogP contribution < -0.4 is 5.32 Å². The number of thiol groups is 1. The van der Waals surface area contributed by atoms with E-state index < -0.39 is 6.04 Å². The van der Waals surface area contributed by atoms with Crippen LogP contribution in [-0.4, -0.2) is 42.1 Å². The lowest BCUT2D eigenvalue weighted by molar-refractivity contribution is -0.134. The molecule has 0 spiro atoms. The van der Waals surface area contributed by atoms with Gasteiger partial charge in [0.05, 0.1) is 0 Å². The van der Waals surface area contributed by atoms with E-state index in [9.17, 15) is 9.59 Å². The Morgan fingerprint density at radius 2 is 1.94 bits per heavy atom. The summed E-state index contributed by atoms with van der Waals surface area (Å²) in [6.07, 6.45) is 6.29. The second-order valence-corrected chi connectivity index (χ2v) is 5.52. The highest BCUT2D eigenvalue weighted by molar-refractivity contribution is 7.80. The predicted molar refractivity (Wildman–Crippen MR) is 75.7 cm³/mol. The molecular weight excluding hydrogens is 248 g/mol. The molecule has 1 unspecified atom stereocenters. The maximum absolute atomic E-state index is 12.1. The zero-order valence-electron chi connectivity index (χ0n) is 11.3. The van der Waals surface area contributed by atoms with Gasteiger partial charge in [0, 0.05) is 26.3 Å². The Labute approximate surface area is 115 Å². The first-order valence-corrected chi connectivity index (χ1v) is 7.30. The summed E-state index contributed by atoms with van der Waals surface area (Å²) in [6, 6.07) is -0.501. The van der Waals surface area contributed by atoms with E-state index in [2.05, 4.69) is 17.9 Å². The van der Waals surface area contributed by atoms with Crippen LogP contribution in [0.2, 0.25) is 0 Å². The fourth-order valence-corrected chi connectivity index (χ4v) is 2.79. The Morgan fingerprint density at radius 1 is 1.33 bits per heavy atom. The summed E-state index contributed by atoms with van der Waals surface area (Å²) in [5.41, 5.74) is 0. The average Bonchev–Trinajstić information content (AvgIpc) is 2.36. The van der Waals surface area contributed by atoms with Crippen molar-refractivity contribution in [2.75, 3.05) is 19.3 Å². The van der Waals surface area contributed by atoms with Crippen LogP contribution in [0.5, 0.6) is 0 Å². The predicted octanol–water partition coefficient (Wildman–Crippen LogP) is 1.46. The van der Waals surface area contributed by atoms with Crippen molar-refractivity contribution in [2.24, 2.45) is 5.92 Å². The van der Waals surface area contributed by atoms with Crippen molar-refractivity contribution in [1.82, 2.24) is 10.2 Å². The maximum Gasteiger partial charge on any atom is 0.245 e. The van der Waals surface area contributed by atoms with Crippen molar-refractivity contribution in [1.29, 1.82) is 0 Å². The minimum atomic E-state index is -0.501. The molecule has 1 aliphatic rings. The molecule has 0 aromatic carbocycles. The molecule has 2 amide bonds. The summed E-state index contributed by atoms with van der Waals surface area (Å²) >= 11 is 4.13. The van der Waals surface area contributed by atoms with E-state index in [1.807, 2.05) is 7.05 Å². The molecule has 5 heteroatoms. The number of likely N-dealkylation sites (N-methyl/N-ethyl adjacent to an activating group) is 1. The molecule has 18 heavy (non-hydrogen) atoms. The van der Waals surface area contributed by atoms with Gasteiger partial charge in [-0.2, -0.15) is 12.6 Å². The Balaban J connectivity index is 2.45. The lowest BCUT2D eigenvalue weighted by Crippen LogP contribution is -2.49. The van der Waals surface area contributed by atoms with Gasteiger partial charge >= 0.3 is 0 Å². The highest BCUT2D eigenvalue weighted by Gasteiger charge is 2.24. The SMILES string of the molecule is CC(=O)NC(CS)C(=O)N(C)CC1CCCCC1. The number of hydrogen-bond acceptors (Lipinski definition) is 3. The van der Waals surface area contributed by atoms with E-state index in [-0.39, 0.29) is 11.8 Å². The molecule has 0 aromatic heterocycles. The molecule has 1 fully saturated rings. The van der Waals surface area contributed by atoms with Gasteiger partial charge in [0.2, 0.25) is 11.8 Å². The van der Waals surface area contributed by atoms with Gasteiger partial charge in [-0.15, -0.1) is 0 Å². The quantitative estimate of drug-likeness (QED) is 0.744. The standard InChI is InChI=1S/C13H24N2O2S/c1-10(16)14-12(9-18)13(17)15(2)8-11-6-4-3-5-7-11/h11-12,18H,3-9H2,1-2H3,(H,14,16). The lowest BCUT2D eigenvalue weighted by atomic mass is 9.89. The van der Waals surface area contributed by atoms with Gasteiger partial charge < -0.3 is 10.2 Å². The second-order valence-electron chi connectivity index (χ2n) is 5.16. The van der Waals surface area contributed by atoms with Gasteiger partial charge in [0.25, 0.3) is 0 Å². The largest absolute Gasteiger partial charge is 0.344 e. The maximum atomic E-state index is 12.1. The Morgan fingerprint density at radius 3 is 2.44 bits per heavy atom. The van der Waals surface area contributed by atoms with Crippen molar-refractivity contribution in [2.45, 2.75) is 45.1 Å². The zero-order chi connectivity index (χ0) is 13.5. The average molecular weight is 272 g/mol. The molecule has 0 radical (unpaired) electrons. The molecule has 1 atom stereocenters. The lowest BCUT2D eigenvalue weighted by Gasteiger charge is -2.29. The first kappa shape index (κ1) is 15.3. The van der Waals surface area contributed by atoms with Crippen LogP contribution >= 0.6 is 12.6 Å². The second kappa shape index (κ2) is 7.67. The molecular formula is C13H24N2O2S. The summed E-state index contributed by atoms with van der Waals surface area (Å²) < 4.78 is 0. The molecule has 1 N–H and O–H groups in total. The summed E-state index contributed by atoms with van der Waals surface area (Å²) in [4.78, 5) is 24.9.